The van der Waals surface area contributed by atoms with Gasteiger partial charge < -0.3 is 20.4 Å². The van der Waals surface area contributed by atoms with E-state index in [0.29, 0.717) is 17.1 Å². The Morgan fingerprint density at radius 1 is 0.964 bits per heavy atom. The molecule has 0 aliphatic rings. The third-order valence-corrected chi connectivity index (χ3v) is 4.82. The van der Waals surface area contributed by atoms with Gasteiger partial charge in [-0.15, -0.1) is 11.3 Å². The van der Waals surface area contributed by atoms with E-state index in [-0.39, 0.29) is 30.0 Å². The zero-order chi connectivity index (χ0) is 19.9. The lowest BCUT2D eigenvalue weighted by Gasteiger charge is -2.08. The third-order valence-electron chi connectivity index (χ3n) is 3.82. The monoisotopic (exact) mass is 397 g/mol. The van der Waals surface area contributed by atoms with Crippen LogP contribution < -0.4 is 16.0 Å². The molecule has 3 N–H and O–H groups in total. The second kappa shape index (κ2) is 9.01. The highest BCUT2D eigenvalue weighted by Crippen LogP contribution is 2.14. The van der Waals surface area contributed by atoms with E-state index in [1.165, 1.54) is 17.6 Å². The van der Waals surface area contributed by atoms with Crippen LogP contribution in [0.1, 0.15) is 30.7 Å². The molecule has 0 radical (unpaired) electrons. The standard InChI is InChI=1S/C20H19N3O4S/c1-13-4-9-17(28-13)20(26)22-12-18(24)21-11-14-5-7-15(8-6-14)23-19(25)16-3-2-10-27-16/h2-10H,11-12H2,1H3,(H,21,24)(H,22,26)(H,23,25). The van der Waals surface area contributed by atoms with Crippen molar-refractivity contribution in [2.75, 3.05) is 11.9 Å². The Morgan fingerprint density at radius 2 is 1.75 bits per heavy atom. The predicted molar refractivity (Wildman–Crippen MR) is 106 cm³/mol. The van der Waals surface area contributed by atoms with Gasteiger partial charge in [0.15, 0.2) is 5.76 Å². The summed E-state index contributed by atoms with van der Waals surface area (Å²) in [7, 11) is 0. The number of thiophene rings is 1. The highest BCUT2D eigenvalue weighted by Gasteiger charge is 2.10. The van der Waals surface area contributed by atoms with Gasteiger partial charge in [0, 0.05) is 17.1 Å². The molecule has 2 aromatic heterocycles. The summed E-state index contributed by atoms with van der Waals surface area (Å²) < 4.78 is 5.04. The number of nitrogens with one attached hydrogen (secondary N) is 3. The summed E-state index contributed by atoms with van der Waals surface area (Å²) in [5, 5.41) is 8.06. The second-order valence-corrected chi connectivity index (χ2v) is 7.29. The second-order valence-electron chi connectivity index (χ2n) is 6.00. The van der Waals surface area contributed by atoms with Crippen LogP contribution in [0.3, 0.4) is 0 Å². The first kappa shape index (κ1) is 19.4. The van der Waals surface area contributed by atoms with Crippen molar-refractivity contribution >= 4 is 34.7 Å². The number of hydrogen-bond donors (Lipinski definition) is 3. The fourth-order valence-corrected chi connectivity index (χ4v) is 3.16. The Morgan fingerprint density at radius 3 is 2.39 bits per heavy atom. The molecule has 3 amide bonds. The molecule has 2 heterocycles. The Kier molecular flexibility index (Phi) is 6.23. The molecule has 7 nitrogen and oxygen atoms in total. The molecule has 8 heteroatoms. The maximum Gasteiger partial charge on any atom is 0.291 e. The number of rotatable bonds is 7. The lowest BCUT2D eigenvalue weighted by Crippen LogP contribution is -2.36. The molecular formula is C20H19N3O4S. The van der Waals surface area contributed by atoms with Crippen molar-refractivity contribution in [2.24, 2.45) is 0 Å². The van der Waals surface area contributed by atoms with Crippen molar-refractivity contribution in [3.05, 3.63) is 75.9 Å². The van der Waals surface area contributed by atoms with Crippen LogP contribution in [0, 0.1) is 6.92 Å². The molecule has 0 saturated heterocycles. The van der Waals surface area contributed by atoms with Crippen LogP contribution >= 0.6 is 11.3 Å². The normalized spacial score (nSPS) is 10.3. The van der Waals surface area contributed by atoms with E-state index in [1.54, 1.807) is 42.5 Å². The van der Waals surface area contributed by atoms with Crippen molar-refractivity contribution in [1.29, 1.82) is 0 Å². The zero-order valence-corrected chi connectivity index (χ0v) is 16.0. The third kappa shape index (κ3) is 5.31. The Labute approximate surface area is 165 Å². The van der Waals surface area contributed by atoms with Crippen molar-refractivity contribution in [1.82, 2.24) is 10.6 Å². The van der Waals surface area contributed by atoms with Crippen LogP contribution in [-0.4, -0.2) is 24.3 Å². The lowest BCUT2D eigenvalue weighted by atomic mass is 10.2. The molecule has 0 spiro atoms. The SMILES string of the molecule is Cc1ccc(C(=O)NCC(=O)NCc2ccc(NC(=O)c3ccco3)cc2)s1. The molecule has 3 aromatic rings. The van der Waals surface area contributed by atoms with E-state index >= 15 is 0 Å². The van der Waals surface area contributed by atoms with Crippen LogP contribution in [0.25, 0.3) is 0 Å². The maximum atomic E-state index is 11.9. The molecule has 3 rings (SSSR count). The summed E-state index contributed by atoms with van der Waals surface area (Å²) in [6, 6.07) is 13.9. The van der Waals surface area contributed by atoms with Crippen LogP contribution in [0.2, 0.25) is 0 Å². The largest absolute Gasteiger partial charge is 0.459 e. The molecule has 0 unspecified atom stereocenters. The van der Waals surface area contributed by atoms with Crippen LogP contribution in [0.15, 0.2) is 59.2 Å². The van der Waals surface area contributed by atoms with Gasteiger partial charge >= 0.3 is 0 Å². The summed E-state index contributed by atoms with van der Waals surface area (Å²) in [6.07, 6.45) is 1.44. The summed E-state index contributed by atoms with van der Waals surface area (Å²) in [5.74, 6) is -0.638. The molecule has 0 fully saturated rings. The van der Waals surface area contributed by atoms with Gasteiger partial charge in [0.1, 0.15) is 0 Å². The van der Waals surface area contributed by atoms with Gasteiger partial charge in [0.05, 0.1) is 17.7 Å². The first-order valence-electron chi connectivity index (χ1n) is 8.56. The quantitative estimate of drug-likeness (QED) is 0.571. The first-order chi connectivity index (χ1) is 13.5. The lowest BCUT2D eigenvalue weighted by molar-refractivity contribution is -0.120. The summed E-state index contributed by atoms with van der Waals surface area (Å²) in [5.41, 5.74) is 1.49. The summed E-state index contributed by atoms with van der Waals surface area (Å²) in [4.78, 5) is 37.4. The van der Waals surface area contributed by atoms with Crippen LogP contribution in [-0.2, 0) is 11.3 Å². The number of amides is 3. The molecule has 144 valence electrons. The number of furan rings is 1. The van der Waals surface area contributed by atoms with Crippen LogP contribution in [0.4, 0.5) is 5.69 Å². The molecule has 0 atom stereocenters. The van der Waals surface area contributed by atoms with Gasteiger partial charge in [-0.2, -0.15) is 0 Å². The smallest absolute Gasteiger partial charge is 0.291 e. The van der Waals surface area contributed by atoms with Gasteiger partial charge in [-0.1, -0.05) is 12.1 Å². The number of aryl methyl sites for hydroxylation is 1. The van der Waals surface area contributed by atoms with Gasteiger partial charge in [-0.25, -0.2) is 0 Å². The van der Waals surface area contributed by atoms with Crippen molar-refractivity contribution in [2.45, 2.75) is 13.5 Å². The Balaban J connectivity index is 1.42. The predicted octanol–water partition coefficient (Wildman–Crippen LogP) is 2.95. The number of hydrogen-bond acceptors (Lipinski definition) is 5. The minimum atomic E-state index is -0.331. The van der Waals surface area contributed by atoms with E-state index < -0.39 is 0 Å². The molecular weight excluding hydrogens is 378 g/mol. The maximum absolute atomic E-state index is 11.9. The van der Waals surface area contributed by atoms with Gasteiger partial charge in [0.2, 0.25) is 5.91 Å². The molecule has 0 saturated carbocycles. The first-order valence-corrected chi connectivity index (χ1v) is 9.38. The minimum absolute atomic E-state index is 0.0902. The van der Waals surface area contributed by atoms with Gasteiger partial charge in [0.25, 0.3) is 11.8 Å². The average molecular weight is 397 g/mol. The highest BCUT2D eigenvalue weighted by atomic mass is 32.1. The van der Waals surface area contributed by atoms with Crippen molar-refractivity contribution in [3.63, 3.8) is 0 Å². The topological polar surface area (TPSA) is 100 Å². The number of anilines is 1. The molecule has 0 bridgehead atoms. The molecule has 28 heavy (non-hydrogen) atoms. The summed E-state index contributed by atoms with van der Waals surface area (Å²) >= 11 is 1.38. The molecule has 1 aromatic carbocycles. The zero-order valence-electron chi connectivity index (χ0n) is 15.2. The average Bonchev–Trinajstić information content (AvgIpc) is 3.37. The van der Waals surface area contributed by atoms with Gasteiger partial charge in [-0.3, -0.25) is 14.4 Å². The van der Waals surface area contributed by atoms with Crippen molar-refractivity contribution < 1.29 is 18.8 Å². The van der Waals surface area contributed by atoms with E-state index in [9.17, 15) is 14.4 Å². The molecule has 0 aliphatic heterocycles. The number of carbonyl (C=O) groups is 3. The Hall–Kier alpha value is -3.39. The van der Waals surface area contributed by atoms with Crippen molar-refractivity contribution in [3.8, 4) is 0 Å². The minimum Gasteiger partial charge on any atom is -0.459 e. The highest BCUT2D eigenvalue weighted by molar-refractivity contribution is 7.13. The number of carbonyl (C=O) groups excluding carboxylic acids is 3. The Bertz CT molecular complexity index is 962. The van der Waals surface area contributed by atoms with E-state index in [4.69, 9.17) is 4.42 Å². The van der Waals surface area contributed by atoms with Crippen LogP contribution in [0.5, 0.6) is 0 Å². The van der Waals surface area contributed by atoms with E-state index in [1.807, 2.05) is 13.0 Å². The number of benzene rings is 1. The summed E-state index contributed by atoms with van der Waals surface area (Å²) in [6.45, 7) is 2.15. The van der Waals surface area contributed by atoms with Gasteiger partial charge in [-0.05, 0) is 48.9 Å². The van der Waals surface area contributed by atoms with E-state index in [0.717, 1.165) is 10.4 Å². The fourth-order valence-electron chi connectivity index (χ4n) is 2.37. The molecule has 0 aliphatic carbocycles. The fraction of sp³-hybridized carbons (Fsp3) is 0.150. The van der Waals surface area contributed by atoms with E-state index in [2.05, 4.69) is 16.0 Å².